The van der Waals surface area contributed by atoms with E-state index in [1.165, 1.54) is 12.8 Å². The number of amides is 1. The van der Waals surface area contributed by atoms with E-state index in [1.807, 2.05) is 25.8 Å². The van der Waals surface area contributed by atoms with E-state index in [2.05, 4.69) is 4.90 Å². The SMILES string of the molecule is CN1CCN(C2CCCC(N)C2)C(C)(C)C1=O. The summed E-state index contributed by atoms with van der Waals surface area (Å²) in [7, 11) is 1.90. The van der Waals surface area contributed by atoms with E-state index in [1.54, 1.807) is 0 Å². The monoisotopic (exact) mass is 239 g/mol. The lowest BCUT2D eigenvalue weighted by Gasteiger charge is -2.50. The molecule has 0 aromatic rings. The number of carbonyl (C=O) groups is 1. The first-order chi connectivity index (χ1) is 7.93. The summed E-state index contributed by atoms with van der Waals surface area (Å²) in [5.41, 5.74) is 5.69. The van der Waals surface area contributed by atoms with E-state index < -0.39 is 0 Å². The lowest BCUT2D eigenvalue weighted by atomic mass is 9.86. The quantitative estimate of drug-likeness (QED) is 0.736. The van der Waals surface area contributed by atoms with Crippen molar-refractivity contribution in [3.63, 3.8) is 0 Å². The van der Waals surface area contributed by atoms with E-state index in [9.17, 15) is 4.79 Å². The molecule has 0 radical (unpaired) electrons. The number of nitrogens with two attached hydrogens (primary N) is 1. The molecule has 1 saturated carbocycles. The molecule has 0 aromatic heterocycles. The van der Waals surface area contributed by atoms with Crippen LogP contribution in [0, 0.1) is 0 Å². The summed E-state index contributed by atoms with van der Waals surface area (Å²) in [6.45, 7) is 5.91. The van der Waals surface area contributed by atoms with Crippen molar-refractivity contribution in [3.8, 4) is 0 Å². The molecule has 1 heterocycles. The highest BCUT2D eigenvalue weighted by molar-refractivity contribution is 5.86. The second kappa shape index (κ2) is 4.58. The number of likely N-dealkylation sites (N-methyl/N-ethyl adjacent to an activating group) is 1. The van der Waals surface area contributed by atoms with Gasteiger partial charge in [-0.3, -0.25) is 9.69 Å². The average Bonchev–Trinajstić information content (AvgIpc) is 2.26. The predicted molar refractivity (Wildman–Crippen MR) is 68.7 cm³/mol. The molecule has 17 heavy (non-hydrogen) atoms. The van der Waals surface area contributed by atoms with Gasteiger partial charge in [-0.25, -0.2) is 0 Å². The summed E-state index contributed by atoms with van der Waals surface area (Å²) in [5.74, 6) is 0.239. The van der Waals surface area contributed by atoms with Gasteiger partial charge in [0.15, 0.2) is 0 Å². The Balaban J connectivity index is 2.12. The van der Waals surface area contributed by atoms with Crippen molar-refractivity contribution in [2.45, 2.75) is 57.2 Å². The highest BCUT2D eigenvalue weighted by atomic mass is 16.2. The topological polar surface area (TPSA) is 49.6 Å². The lowest BCUT2D eigenvalue weighted by molar-refractivity contribution is -0.150. The van der Waals surface area contributed by atoms with Crippen LogP contribution in [0.15, 0.2) is 0 Å². The maximum atomic E-state index is 12.2. The zero-order valence-corrected chi connectivity index (χ0v) is 11.3. The van der Waals surface area contributed by atoms with Crippen LogP contribution in [0.4, 0.5) is 0 Å². The molecular weight excluding hydrogens is 214 g/mol. The first-order valence-corrected chi connectivity index (χ1v) is 6.71. The maximum absolute atomic E-state index is 12.2. The summed E-state index contributed by atoms with van der Waals surface area (Å²) in [4.78, 5) is 16.5. The van der Waals surface area contributed by atoms with Crippen molar-refractivity contribution in [3.05, 3.63) is 0 Å². The average molecular weight is 239 g/mol. The zero-order chi connectivity index (χ0) is 12.6. The Morgan fingerprint density at radius 3 is 2.65 bits per heavy atom. The van der Waals surface area contributed by atoms with Gasteiger partial charge in [0.2, 0.25) is 5.91 Å². The Kier molecular flexibility index (Phi) is 3.46. The summed E-state index contributed by atoms with van der Waals surface area (Å²) in [6.07, 6.45) is 4.57. The molecule has 98 valence electrons. The van der Waals surface area contributed by atoms with Gasteiger partial charge in [0.25, 0.3) is 0 Å². The Morgan fingerprint density at radius 2 is 2.00 bits per heavy atom. The molecule has 1 amide bonds. The molecule has 2 aliphatic rings. The molecular formula is C13H25N3O. The number of hydrogen-bond acceptors (Lipinski definition) is 3. The largest absolute Gasteiger partial charge is 0.343 e. The number of rotatable bonds is 1. The third-order valence-electron chi connectivity index (χ3n) is 4.39. The number of nitrogens with zero attached hydrogens (tertiary/aromatic N) is 2. The zero-order valence-electron chi connectivity index (χ0n) is 11.3. The molecule has 2 N–H and O–H groups in total. The van der Waals surface area contributed by atoms with E-state index in [-0.39, 0.29) is 11.4 Å². The predicted octanol–water partition coefficient (Wildman–Crippen LogP) is 0.809. The molecule has 4 nitrogen and oxygen atoms in total. The van der Waals surface area contributed by atoms with Gasteiger partial charge < -0.3 is 10.6 Å². The Labute approximate surface area is 104 Å². The van der Waals surface area contributed by atoms with Crippen molar-refractivity contribution in [2.24, 2.45) is 5.73 Å². The second-order valence-electron chi connectivity index (χ2n) is 6.06. The summed E-state index contributed by atoms with van der Waals surface area (Å²) >= 11 is 0. The fourth-order valence-electron chi connectivity index (χ4n) is 3.35. The minimum Gasteiger partial charge on any atom is -0.343 e. The molecule has 2 rings (SSSR count). The smallest absolute Gasteiger partial charge is 0.242 e. The van der Waals surface area contributed by atoms with Crippen molar-refractivity contribution >= 4 is 5.91 Å². The number of piperazine rings is 1. The van der Waals surface area contributed by atoms with Gasteiger partial charge in [-0.1, -0.05) is 6.42 Å². The van der Waals surface area contributed by atoms with Crippen LogP contribution in [0.2, 0.25) is 0 Å². The third-order valence-corrected chi connectivity index (χ3v) is 4.39. The van der Waals surface area contributed by atoms with Gasteiger partial charge in [0.1, 0.15) is 0 Å². The van der Waals surface area contributed by atoms with Gasteiger partial charge in [-0.15, -0.1) is 0 Å². The van der Waals surface area contributed by atoms with Gasteiger partial charge in [0.05, 0.1) is 5.54 Å². The molecule has 0 bridgehead atoms. The van der Waals surface area contributed by atoms with Gasteiger partial charge >= 0.3 is 0 Å². The van der Waals surface area contributed by atoms with Gasteiger partial charge in [-0.2, -0.15) is 0 Å². The minimum atomic E-state index is -0.366. The molecule has 1 saturated heterocycles. The van der Waals surface area contributed by atoms with Crippen molar-refractivity contribution in [1.29, 1.82) is 0 Å². The fourth-order valence-corrected chi connectivity index (χ4v) is 3.35. The third kappa shape index (κ3) is 2.33. The Bertz CT molecular complexity index is 303. The first-order valence-electron chi connectivity index (χ1n) is 6.71. The minimum absolute atomic E-state index is 0.239. The van der Waals surface area contributed by atoms with Crippen molar-refractivity contribution < 1.29 is 4.79 Å². The van der Waals surface area contributed by atoms with Crippen LogP contribution in [0.3, 0.4) is 0 Å². The molecule has 4 heteroatoms. The van der Waals surface area contributed by atoms with E-state index in [0.717, 1.165) is 25.9 Å². The van der Waals surface area contributed by atoms with Crippen LogP contribution >= 0.6 is 0 Å². The molecule has 2 fully saturated rings. The van der Waals surface area contributed by atoms with Crippen LogP contribution in [0.1, 0.15) is 39.5 Å². The summed E-state index contributed by atoms with van der Waals surface area (Å²) < 4.78 is 0. The summed E-state index contributed by atoms with van der Waals surface area (Å²) in [6, 6.07) is 0.811. The lowest BCUT2D eigenvalue weighted by Crippen LogP contribution is -2.65. The molecule has 1 aliphatic heterocycles. The highest BCUT2D eigenvalue weighted by Crippen LogP contribution is 2.30. The van der Waals surface area contributed by atoms with Crippen LogP contribution in [0.25, 0.3) is 0 Å². The molecule has 2 atom stereocenters. The Morgan fingerprint density at radius 1 is 1.29 bits per heavy atom. The normalized spacial score (nSPS) is 35.1. The van der Waals surface area contributed by atoms with Crippen LogP contribution in [-0.2, 0) is 4.79 Å². The fraction of sp³-hybridized carbons (Fsp3) is 0.923. The van der Waals surface area contributed by atoms with Crippen LogP contribution in [-0.4, -0.2) is 53.5 Å². The summed E-state index contributed by atoms with van der Waals surface area (Å²) in [5, 5.41) is 0. The van der Waals surface area contributed by atoms with E-state index in [4.69, 9.17) is 5.73 Å². The molecule has 2 unspecified atom stereocenters. The van der Waals surface area contributed by atoms with Crippen molar-refractivity contribution in [2.75, 3.05) is 20.1 Å². The van der Waals surface area contributed by atoms with Gasteiger partial charge in [0, 0.05) is 32.2 Å². The standard InChI is InChI=1S/C13H25N3O/c1-13(2)12(17)15(3)7-8-16(13)11-6-4-5-10(14)9-11/h10-11H,4-9,14H2,1-3H3. The number of hydrogen-bond donors (Lipinski definition) is 1. The van der Waals surface area contributed by atoms with Crippen LogP contribution in [0.5, 0.6) is 0 Å². The molecule has 0 aromatic carbocycles. The van der Waals surface area contributed by atoms with Crippen LogP contribution < -0.4 is 5.73 Å². The highest BCUT2D eigenvalue weighted by Gasteiger charge is 2.44. The maximum Gasteiger partial charge on any atom is 0.242 e. The number of carbonyl (C=O) groups excluding carboxylic acids is 1. The molecule has 1 aliphatic carbocycles. The molecule has 0 spiro atoms. The van der Waals surface area contributed by atoms with Gasteiger partial charge in [-0.05, 0) is 33.1 Å². The Hall–Kier alpha value is -0.610. The van der Waals surface area contributed by atoms with E-state index >= 15 is 0 Å². The first kappa shape index (κ1) is 12.8. The second-order valence-corrected chi connectivity index (χ2v) is 6.06. The van der Waals surface area contributed by atoms with E-state index in [0.29, 0.717) is 12.1 Å². The van der Waals surface area contributed by atoms with Crippen molar-refractivity contribution in [1.82, 2.24) is 9.80 Å².